The number of hydrogen-bond donors (Lipinski definition) is 1. The van der Waals surface area contributed by atoms with Crippen molar-refractivity contribution in [2.45, 2.75) is 32.5 Å². The van der Waals surface area contributed by atoms with E-state index >= 15 is 0 Å². The number of nitrogens with two attached hydrogens (primary N) is 1. The van der Waals surface area contributed by atoms with Crippen LogP contribution in [0, 0.1) is 0 Å². The van der Waals surface area contributed by atoms with E-state index in [9.17, 15) is 0 Å². The number of rotatable bonds is 3. The van der Waals surface area contributed by atoms with Crippen LogP contribution in [0.4, 0.5) is 0 Å². The lowest BCUT2D eigenvalue weighted by molar-refractivity contribution is 0.211. The van der Waals surface area contributed by atoms with Gasteiger partial charge in [0, 0.05) is 25.7 Å². The molecule has 0 fully saturated rings. The van der Waals surface area contributed by atoms with Gasteiger partial charge in [-0.15, -0.1) is 10.2 Å². The van der Waals surface area contributed by atoms with E-state index in [1.807, 2.05) is 6.92 Å². The first kappa shape index (κ1) is 9.61. The molecule has 2 N–H and O–H groups in total. The summed E-state index contributed by atoms with van der Waals surface area (Å²) in [6.45, 7) is 6.10. The highest BCUT2D eigenvalue weighted by Gasteiger charge is 2.16. The molecule has 2 heterocycles. The zero-order valence-electron chi connectivity index (χ0n) is 8.56. The summed E-state index contributed by atoms with van der Waals surface area (Å²) in [4.78, 5) is 2.38. The third-order valence-corrected chi connectivity index (χ3v) is 2.62. The second-order valence-electron chi connectivity index (χ2n) is 3.98. The zero-order valence-corrected chi connectivity index (χ0v) is 8.56. The first-order valence-electron chi connectivity index (χ1n) is 5.10. The van der Waals surface area contributed by atoms with Crippen LogP contribution in [0.2, 0.25) is 0 Å². The molecule has 0 aromatic carbocycles. The quantitative estimate of drug-likeness (QED) is 0.727. The van der Waals surface area contributed by atoms with Crippen molar-refractivity contribution in [1.29, 1.82) is 0 Å². The summed E-state index contributed by atoms with van der Waals surface area (Å²) in [5, 5.41) is 7.97. The van der Waals surface area contributed by atoms with Crippen molar-refractivity contribution < 1.29 is 0 Å². The molecule has 1 atom stereocenters. The Hall–Kier alpha value is -0.940. The Kier molecular flexibility index (Phi) is 2.79. The minimum absolute atomic E-state index is 0.287. The monoisotopic (exact) mass is 195 g/mol. The fraction of sp³-hybridized carbons (Fsp3) is 0.778. The van der Waals surface area contributed by atoms with Gasteiger partial charge in [0.25, 0.3) is 0 Å². The van der Waals surface area contributed by atoms with Crippen LogP contribution in [0.1, 0.15) is 19.2 Å². The maximum Gasteiger partial charge on any atom is 0.147 e. The van der Waals surface area contributed by atoms with Gasteiger partial charge in [-0.25, -0.2) is 0 Å². The standard InChI is InChI=1S/C9H17N5/c1-8(10)2-3-13-4-5-14-7-11-12-9(14)6-13/h7-8H,2-6,10H2,1H3. The van der Waals surface area contributed by atoms with Gasteiger partial charge in [0.15, 0.2) is 0 Å². The van der Waals surface area contributed by atoms with Gasteiger partial charge in [0.05, 0.1) is 6.54 Å². The third-order valence-electron chi connectivity index (χ3n) is 2.62. The predicted molar refractivity (Wildman–Crippen MR) is 53.6 cm³/mol. The van der Waals surface area contributed by atoms with Gasteiger partial charge in [-0.1, -0.05) is 0 Å². The summed E-state index contributed by atoms with van der Waals surface area (Å²) < 4.78 is 2.11. The van der Waals surface area contributed by atoms with Crippen molar-refractivity contribution >= 4 is 0 Å². The van der Waals surface area contributed by atoms with Crippen molar-refractivity contribution in [2.75, 3.05) is 13.1 Å². The predicted octanol–water partition coefficient (Wildman–Crippen LogP) is -0.169. The second-order valence-corrected chi connectivity index (χ2v) is 3.98. The number of fused-ring (bicyclic) bond motifs is 1. The van der Waals surface area contributed by atoms with E-state index < -0.39 is 0 Å². The van der Waals surface area contributed by atoms with E-state index in [0.717, 1.165) is 38.4 Å². The van der Waals surface area contributed by atoms with Crippen molar-refractivity contribution in [2.24, 2.45) is 5.73 Å². The lowest BCUT2D eigenvalue weighted by atomic mass is 10.2. The summed E-state index contributed by atoms with van der Waals surface area (Å²) in [6.07, 6.45) is 2.85. The van der Waals surface area contributed by atoms with Crippen LogP contribution >= 0.6 is 0 Å². The van der Waals surface area contributed by atoms with Crippen LogP contribution in [0.3, 0.4) is 0 Å². The molecule has 0 bridgehead atoms. The van der Waals surface area contributed by atoms with E-state index in [-0.39, 0.29) is 6.04 Å². The Balaban J connectivity index is 1.88. The largest absolute Gasteiger partial charge is 0.328 e. The maximum atomic E-state index is 5.72. The number of hydrogen-bond acceptors (Lipinski definition) is 4. The Bertz CT molecular complexity index is 293. The Morgan fingerprint density at radius 3 is 3.21 bits per heavy atom. The van der Waals surface area contributed by atoms with Gasteiger partial charge in [-0.2, -0.15) is 0 Å². The topological polar surface area (TPSA) is 60.0 Å². The molecule has 1 aromatic heterocycles. The van der Waals surface area contributed by atoms with Gasteiger partial charge in [-0.05, 0) is 13.3 Å². The summed E-state index contributed by atoms with van der Waals surface area (Å²) in [5.41, 5.74) is 5.72. The molecule has 0 saturated carbocycles. The lowest BCUT2D eigenvalue weighted by Gasteiger charge is -2.27. The highest BCUT2D eigenvalue weighted by Crippen LogP contribution is 2.09. The van der Waals surface area contributed by atoms with Crippen LogP contribution in [-0.2, 0) is 13.1 Å². The van der Waals surface area contributed by atoms with Crippen molar-refractivity contribution in [3.8, 4) is 0 Å². The minimum Gasteiger partial charge on any atom is -0.328 e. The Labute approximate surface area is 83.9 Å². The van der Waals surface area contributed by atoms with Crippen LogP contribution in [0.25, 0.3) is 0 Å². The summed E-state index contributed by atoms with van der Waals surface area (Å²) in [7, 11) is 0. The van der Waals surface area contributed by atoms with E-state index in [2.05, 4.69) is 19.7 Å². The maximum absolute atomic E-state index is 5.72. The number of nitrogens with zero attached hydrogens (tertiary/aromatic N) is 4. The zero-order chi connectivity index (χ0) is 9.97. The summed E-state index contributed by atoms with van der Waals surface area (Å²) >= 11 is 0. The van der Waals surface area contributed by atoms with Gasteiger partial charge >= 0.3 is 0 Å². The molecule has 14 heavy (non-hydrogen) atoms. The van der Waals surface area contributed by atoms with Gasteiger partial charge in [-0.3, -0.25) is 4.90 Å². The van der Waals surface area contributed by atoms with Gasteiger partial charge < -0.3 is 10.3 Å². The molecule has 1 aliphatic rings. The highest BCUT2D eigenvalue weighted by molar-refractivity contribution is 4.89. The molecular formula is C9H17N5. The highest BCUT2D eigenvalue weighted by atomic mass is 15.3. The Morgan fingerprint density at radius 2 is 2.43 bits per heavy atom. The van der Waals surface area contributed by atoms with Crippen LogP contribution in [0.15, 0.2) is 6.33 Å². The fourth-order valence-corrected chi connectivity index (χ4v) is 1.69. The van der Waals surface area contributed by atoms with Gasteiger partial charge in [0.2, 0.25) is 0 Å². The molecule has 0 radical (unpaired) electrons. The molecule has 78 valence electrons. The van der Waals surface area contributed by atoms with E-state index in [1.165, 1.54) is 0 Å². The Morgan fingerprint density at radius 1 is 1.57 bits per heavy atom. The van der Waals surface area contributed by atoms with Crippen molar-refractivity contribution in [3.63, 3.8) is 0 Å². The summed E-state index contributed by atoms with van der Waals surface area (Å²) in [5.74, 6) is 1.07. The van der Waals surface area contributed by atoms with Crippen LogP contribution in [-0.4, -0.2) is 38.8 Å². The molecule has 1 aliphatic heterocycles. The van der Waals surface area contributed by atoms with Gasteiger partial charge in [0.1, 0.15) is 12.2 Å². The molecule has 0 amide bonds. The first-order chi connectivity index (χ1) is 6.75. The van der Waals surface area contributed by atoms with E-state index in [0.29, 0.717) is 0 Å². The second kappa shape index (κ2) is 4.06. The molecule has 5 nitrogen and oxygen atoms in total. The molecule has 1 unspecified atom stereocenters. The van der Waals surface area contributed by atoms with Crippen LogP contribution in [0.5, 0.6) is 0 Å². The lowest BCUT2D eigenvalue weighted by Crippen LogP contribution is -2.36. The minimum atomic E-state index is 0.287. The normalized spacial score (nSPS) is 19.3. The average Bonchev–Trinajstić information content (AvgIpc) is 2.61. The molecule has 0 saturated heterocycles. The molecule has 0 aliphatic carbocycles. The molecule has 5 heteroatoms. The van der Waals surface area contributed by atoms with Crippen molar-refractivity contribution in [3.05, 3.63) is 12.2 Å². The fourth-order valence-electron chi connectivity index (χ4n) is 1.69. The first-order valence-corrected chi connectivity index (χ1v) is 5.10. The van der Waals surface area contributed by atoms with Crippen molar-refractivity contribution in [1.82, 2.24) is 19.7 Å². The molecule has 0 spiro atoms. The molecular weight excluding hydrogens is 178 g/mol. The third kappa shape index (κ3) is 2.10. The summed E-state index contributed by atoms with van der Waals surface area (Å²) in [6, 6.07) is 0.287. The smallest absolute Gasteiger partial charge is 0.147 e. The van der Waals surface area contributed by atoms with E-state index in [4.69, 9.17) is 5.73 Å². The molecule has 1 aromatic rings. The molecule has 2 rings (SSSR count). The van der Waals surface area contributed by atoms with Crippen LogP contribution < -0.4 is 5.73 Å². The van der Waals surface area contributed by atoms with E-state index in [1.54, 1.807) is 6.33 Å². The average molecular weight is 195 g/mol. The SMILES string of the molecule is CC(N)CCN1CCn2cnnc2C1. The number of aromatic nitrogens is 3.